The van der Waals surface area contributed by atoms with Crippen LogP contribution in [0.5, 0.6) is 0 Å². The van der Waals surface area contributed by atoms with E-state index >= 15 is 0 Å². The molecule has 10 rings (SSSR count). The molecule has 0 saturated carbocycles. The van der Waals surface area contributed by atoms with Gasteiger partial charge in [-0.05, 0) is 50.6 Å². The zero-order chi connectivity index (χ0) is 36.6. The monoisotopic (exact) mass is 719 g/mol. The van der Waals surface area contributed by atoms with Gasteiger partial charge in [-0.3, -0.25) is 0 Å². The highest BCUT2D eigenvalue weighted by Gasteiger charge is 2.16. The molecule has 2 aromatic heterocycles. The molecule has 0 spiro atoms. The second-order valence-electron chi connectivity index (χ2n) is 13.6. The summed E-state index contributed by atoms with van der Waals surface area (Å²) < 4.78 is 2.64. The third kappa shape index (κ3) is 6.29. The average molecular weight is 720 g/mol. The Kier molecular flexibility index (Phi) is 8.36. The number of aromatic nitrogens is 3. The Labute approximate surface area is 323 Å². The van der Waals surface area contributed by atoms with Crippen LogP contribution in [0.2, 0.25) is 0 Å². The largest absolute Gasteiger partial charge is 0.208 e. The molecule has 55 heavy (non-hydrogen) atoms. The number of thiophene rings is 1. The maximum absolute atomic E-state index is 5.04. The fourth-order valence-corrected chi connectivity index (χ4v) is 8.74. The van der Waals surface area contributed by atoms with E-state index in [1.54, 1.807) is 0 Å². The quantitative estimate of drug-likeness (QED) is 0.165. The van der Waals surface area contributed by atoms with Crippen LogP contribution >= 0.6 is 11.3 Å². The summed E-state index contributed by atoms with van der Waals surface area (Å²) in [5.41, 5.74) is 12.4. The first-order chi connectivity index (χ1) is 27.2. The van der Waals surface area contributed by atoms with E-state index in [2.05, 4.69) is 164 Å². The van der Waals surface area contributed by atoms with Crippen molar-refractivity contribution in [3.63, 3.8) is 0 Å². The molecule has 0 N–H and O–H groups in total. The molecule has 3 nitrogen and oxygen atoms in total. The molecule has 0 aliphatic rings. The fraction of sp³-hybridized carbons (Fsp3) is 0. The molecule has 0 saturated heterocycles. The van der Waals surface area contributed by atoms with Gasteiger partial charge in [-0.15, -0.1) is 11.3 Å². The Balaban J connectivity index is 1.00. The lowest BCUT2D eigenvalue weighted by Crippen LogP contribution is -2.00. The van der Waals surface area contributed by atoms with E-state index in [0.29, 0.717) is 17.5 Å². The van der Waals surface area contributed by atoms with Crippen molar-refractivity contribution in [2.24, 2.45) is 0 Å². The fourth-order valence-electron chi connectivity index (χ4n) is 7.37. The predicted molar refractivity (Wildman–Crippen MR) is 231 cm³/mol. The Morgan fingerprint density at radius 2 is 0.600 bits per heavy atom. The molecule has 0 unspecified atom stereocenters. The van der Waals surface area contributed by atoms with Crippen LogP contribution in [0.4, 0.5) is 0 Å². The Bertz CT molecular complexity index is 2940. The zero-order valence-corrected chi connectivity index (χ0v) is 30.6. The Hall–Kier alpha value is -7.01. The number of rotatable bonds is 7. The van der Waals surface area contributed by atoms with Crippen molar-refractivity contribution in [3.05, 3.63) is 200 Å². The summed E-state index contributed by atoms with van der Waals surface area (Å²) in [6, 6.07) is 70.4. The van der Waals surface area contributed by atoms with Crippen LogP contribution in [0.25, 0.3) is 98.8 Å². The van der Waals surface area contributed by atoms with Crippen molar-refractivity contribution < 1.29 is 0 Å². The first-order valence-electron chi connectivity index (χ1n) is 18.4. The first-order valence-corrected chi connectivity index (χ1v) is 19.3. The van der Waals surface area contributed by atoms with Crippen molar-refractivity contribution in [2.45, 2.75) is 0 Å². The molecule has 0 aliphatic heterocycles. The van der Waals surface area contributed by atoms with Gasteiger partial charge in [0, 0.05) is 36.9 Å². The minimum Gasteiger partial charge on any atom is -0.208 e. The third-order valence-corrected chi connectivity index (χ3v) is 11.5. The number of hydrogen-bond acceptors (Lipinski definition) is 4. The summed E-state index contributed by atoms with van der Waals surface area (Å²) in [6.45, 7) is 0. The molecule has 0 bridgehead atoms. The van der Waals surface area contributed by atoms with Crippen molar-refractivity contribution in [2.75, 3.05) is 0 Å². The molecule has 0 amide bonds. The van der Waals surface area contributed by atoms with E-state index in [4.69, 9.17) is 15.0 Å². The van der Waals surface area contributed by atoms with Crippen LogP contribution in [-0.2, 0) is 0 Å². The van der Waals surface area contributed by atoms with Gasteiger partial charge in [-0.2, -0.15) is 0 Å². The molecule has 10 aromatic rings. The third-order valence-electron chi connectivity index (χ3n) is 10.2. The molecule has 258 valence electrons. The van der Waals surface area contributed by atoms with Crippen molar-refractivity contribution in [3.8, 4) is 78.7 Å². The summed E-state index contributed by atoms with van der Waals surface area (Å²) in [5, 5.41) is 2.60. The lowest BCUT2D eigenvalue weighted by molar-refractivity contribution is 1.07. The smallest absolute Gasteiger partial charge is 0.164 e. The van der Waals surface area contributed by atoms with E-state index < -0.39 is 0 Å². The highest BCUT2D eigenvalue weighted by atomic mass is 32.1. The van der Waals surface area contributed by atoms with Gasteiger partial charge in [0.15, 0.2) is 17.5 Å². The summed E-state index contributed by atoms with van der Waals surface area (Å²) in [4.78, 5) is 15.0. The summed E-state index contributed by atoms with van der Waals surface area (Å²) in [6.07, 6.45) is 0. The average Bonchev–Trinajstić information content (AvgIpc) is 3.67. The lowest BCUT2D eigenvalue weighted by Gasteiger charge is -2.11. The van der Waals surface area contributed by atoms with Gasteiger partial charge in [-0.1, -0.05) is 194 Å². The molecule has 0 aliphatic carbocycles. The van der Waals surface area contributed by atoms with Gasteiger partial charge in [-0.25, -0.2) is 15.0 Å². The van der Waals surface area contributed by atoms with Crippen LogP contribution in [-0.4, -0.2) is 15.0 Å². The maximum Gasteiger partial charge on any atom is 0.164 e. The minimum absolute atomic E-state index is 0.640. The molecule has 4 heteroatoms. The standard InChI is InChI=1S/C51H33N3S/c1-4-13-34(14-5-1)35-27-31-40(32-28-35)50-52-49(39-17-8-3-9-18-39)53-51(54-50)42-20-10-19-41(33-42)36-25-29-38(30-26-36)44-22-12-24-46-45-23-11-21-43(47(45)55-48(44)46)37-15-6-2-7-16-37/h1-33H. The van der Waals surface area contributed by atoms with E-state index in [-0.39, 0.29) is 0 Å². The minimum atomic E-state index is 0.640. The normalized spacial score (nSPS) is 11.3. The summed E-state index contributed by atoms with van der Waals surface area (Å²) in [7, 11) is 0. The SMILES string of the molecule is c1ccc(-c2ccc(-c3nc(-c4ccccc4)nc(-c4cccc(-c5ccc(-c6cccc7c6sc6c(-c8ccccc8)cccc67)cc5)c4)n3)cc2)cc1. The predicted octanol–water partition coefficient (Wildman–Crippen LogP) is 13.9. The Morgan fingerprint density at radius 3 is 1.16 bits per heavy atom. The number of nitrogens with zero attached hydrogens (tertiary/aromatic N) is 3. The van der Waals surface area contributed by atoms with E-state index in [9.17, 15) is 0 Å². The lowest BCUT2D eigenvalue weighted by atomic mass is 9.97. The van der Waals surface area contributed by atoms with Gasteiger partial charge >= 0.3 is 0 Å². The maximum atomic E-state index is 5.04. The van der Waals surface area contributed by atoms with Crippen LogP contribution < -0.4 is 0 Å². The zero-order valence-electron chi connectivity index (χ0n) is 29.8. The van der Waals surface area contributed by atoms with E-state index in [1.165, 1.54) is 48.0 Å². The van der Waals surface area contributed by atoms with Crippen molar-refractivity contribution in [1.29, 1.82) is 0 Å². The van der Waals surface area contributed by atoms with Crippen LogP contribution in [0.3, 0.4) is 0 Å². The van der Waals surface area contributed by atoms with Crippen molar-refractivity contribution >= 4 is 31.5 Å². The molecule has 0 fully saturated rings. The molecular formula is C51H33N3S. The molecule has 2 heterocycles. The first kappa shape index (κ1) is 32.6. The molecule has 0 atom stereocenters. The summed E-state index contributed by atoms with van der Waals surface area (Å²) >= 11 is 1.88. The highest BCUT2D eigenvalue weighted by molar-refractivity contribution is 7.26. The van der Waals surface area contributed by atoms with Gasteiger partial charge in [0.05, 0.1) is 0 Å². The highest BCUT2D eigenvalue weighted by Crippen LogP contribution is 2.44. The van der Waals surface area contributed by atoms with Gasteiger partial charge < -0.3 is 0 Å². The number of hydrogen-bond donors (Lipinski definition) is 0. The summed E-state index contributed by atoms with van der Waals surface area (Å²) in [5.74, 6) is 1.93. The topological polar surface area (TPSA) is 38.7 Å². The molecular weight excluding hydrogens is 687 g/mol. The second kappa shape index (κ2) is 14.1. The second-order valence-corrected chi connectivity index (χ2v) is 14.6. The van der Waals surface area contributed by atoms with Gasteiger partial charge in [0.1, 0.15) is 0 Å². The molecule has 8 aromatic carbocycles. The number of benzene rings is 8. The van der Waals surface area contributed by atoms with Crippen molar-refractivity contribution in [1.82, 2.24) is 15.0 Å². The van der Waals surface area contributed by atoms with Crippen LogP contribution in [0, 0.1) is 0 Å². The number of fused-ring (bicyclic) bond motifs is 3. The van der Waals surface area contributed by atoms with E-state index in [0.717, 1.165) is 33.4 Å². The van der Waals surface area contributed by atoms with Gasteiger partial charge in [0.2, 0.25) is 0 Å². The van der Waals surface area contributed by atoms with Gasteiger partial charge in [0.25, 0.3) is 0 Å². The van der Waals surface area contributed by atoms with E-state index in [1.807, 2.05) is 47.7 Å². The van der Waals surface area contributed by atoms with Crippen LogP contribution in [0.15, 0.2) is 200 Å². The molecule has 0 radical (unpaired) electrons. The Morgan fingerprint density at radius 1 is 0.255 bits per heavy atom. The van der Waals surface area contributed by atoms with Crippen LogP contribution in [0.1, 0.15) is 0 Å².